The van der Waals surface area contributed by atoms with Gasteiger partial charge >= 0.3 is 0 Å². The van der Waals surface area contributed by atoms with Gasteiger partial charge in [0.25, 0.3) is 0 Å². The molecule has 0 saturated carbocycles. The first-order valence-corrected chi connectivity index (χ1v) is 4.58. The minimum Gasteiger partial charge on any atom is -0.409 e. The zero-order chi connectivity index (χ0) is 11.4. The van der Waals surface area contributed by atoms with E-state index in [1.807, 2.05) is 13.8 Å². The number of rotatable bonds is 4. The van der Waals surface area contributed by atoms with Crippen molar-refractivity contribution < 1.29 is 10.0 Å². The van der Waals surface area contributed by atoms with E-state index in [1.165, 1.54) is 0 Å². The summed E-state index contributed by atoms with van der Waals surface area (Å²) < 4.78 is 0. The van der Waals surface area contributed by atoms with Gasteiger partial charge in [-0.15, -0.1) is 0 Å². The van der Waals surface area contributed by atoms with Crippen LogP contribution in [-0.4, -0.2) is 23.5 Å². The number of carbonyl (C=O) groups excluding carboxylic acids is 1. The van der Waals surface area contributed by atoms with Gasteiger partial charge in [-0.25, -0.2) is 0 Å². The molecule has 0 aliphatic carbocycles. The number of carbonyl (C=O) groups is 1. The van der Waals surface area contributed by atoms with Crippen LogP contribution in [-0.2, 0) is 4.79 Å². The fraction of sp³-hybridized carbons (Fsp3) is 0.778. The van der Waals surface area contributed by atoms with Crippen molar-refractivity contribution in [3.05, 3.63) is 0 Å². The zero-order valence-electron chi connectivity index (χ0n) is 9.16. The topological polar surface area (TPSA) is 87.7 Å². The lowest BCUT2D eigenvalue weighted by atomic mass is 9.91. The molecule has 0 heterocycles. The Bertz CT molecular complexity index is 234. The Hall–Kier alpha value is -1.26. The molecule has 4 N–H and O–H groups in total. The molecule has 0 aromatic rings. The molecular formula is C9H19N3O2. The quantitative estimate of drug-likeness (QED) is 0.268. The van der Waals surface area contributed by atoms with Crippen LogP contribution in [0.4, 0.5) is 0 Å². The Morgan fingerprint density at radius 2 is 2.07 bits per heavy atom. The summed E-state index contributed by atoms with van der Waals surface area (Å²) in [7, 11) is 0. The van der Waals surface area contributed by atoms with Gasteiger partial charge in [-0.05, 0) is 19.8 Å². The van der Waals surface area contributed by atoms with Crippen LogP contribution < -0.4 is 11.1 Å². The van der Waals surface area contributed by atoms with Gasteiger partial charge in [-0.2, -0.15) is 0 Å². The lowest BCUT2D eigenvalue weighted by Crippen LogP contribution is -2.46. The molecule has 5 heteroatoms. The highest BCUT2D eigenvalue weighted by atomic mass is 16.4. The fourth-order valence-corrected chi connectivity index (χ4v) is 0.759. The molecule has 1 amide bonds. The summed E-state index contributed by atoms with van der Waals surface area (Å²) in [6.07, 6.45) is 0. The molecule has 0 rings (SSSR count). The minimum absolute atomic E-state index is 0.0845. The molecule has 0 atom stereocenters. The Balaban J connectivity index is 4.37. The van der Waals surface area contributed by atoms with E-state index in [-0.39, 0.29) is 11.7 Å². The number of oxime groups is 1. The van der Waals surface area contributed by atoms with Gasteiger partial charge in [0.2, 0.25) is 5.91 Å². The molecule has 82 valence electrons. The Morgan fingerprint density at radius 1 is 1.57 bits per heavy atom. The summed E-state index contributed by atoms with van der Waals surface area (Å²) in [5.74, 6) is 0.0577. The van der Waals surface area contributed by atoms with Crippen LogP contribution in [0, 0.1) is 11.3 Å². The molecule has 0 saturated heterocycles. The highest BCUT2D eigenvalue weighted by Gasteiger charge is 2.32. The molecule has 0 aliphatic rings. The minimum atomic E-state index is -0.969. The normalized spacial score (nSPS) is 13.1. The van der Waals surface area contributed by atoms with Gasteiger partial charge in [0, 0.05) is 6.54 Å². The highest BCUT2D eigenvalue weighted by Crippen LogP contribution is 2.15. The van der Waals surface area contributed by atoms with E-state index in [1.54, 1.807) is 13.8 Å². The van der Waals surface area contributed by atoms with Gasteiger partial charge in [-0.1, -0.05) is 19.0 Å². The van der Waals surface area contributed by atoms with Crippen molar-refractivity contribution in [1.82, 2.24) is 5.32 Å². The number of amidine groups is 1. The Morgan fingerprint density at radius 3 is 2.43 bits per heavy atom. The van der Waals surface area contributed by atoms with Crippen molar-refractivity contribution in [2.24, 2.45) is 22.2 Å². The molecule has 0 aliphatic heterocycles. The van der Waals surface area contributed by atoms with Crippen molar-refractivity contribution in [2.75, 3.05) is 6.54 Å². The second-order valence-electron chi connectivity index (χ2n) is 4.21. The first-order chi connectivity index (χ1) is 6.32. The van der Waals surface area contributed by atoms with E-state index >= 15 is 0 Å². The standard InChI is InChI=1S/C9H19N3O2/c1-6(2)5-11-8(13)9(3,4)7(10)12-14/h6,14H,5H2,1-4H3,(H2,10,12)(H,11,13). The maximum Gasteiger partial charge on any atom is 0.233 e. The average molecular weight is 201 g/mol. The second kappa shape index (κ2) is 4.83. The van der Waals surface area contributed by atoms with Crippen LogP contribution in [0.15, 0.2) is 5.16 Å². The Kier molecular flexibility index (Phi) is 4.40. The van der Waals surface area contributed by atoms with Gasteiger partial charge in [-0.3, -0.25) is 4.79 Å². The molecule has 0 unspecified atom stereocenters. The monoisotopic (exact) mass is 201 g/mol. The number of amides is 1. The highest BCUT2D eigenvalue weighted by molar-refractivity contribution is 6.05. The Labute approximate surface area is 84.4 Å². The average Bonchev–Trinajstić information content (AvgIpc) is 2.12. The SMILES string of the molecule is CC(C)CNC(=O)C(C)(C)C(N)=NO. The maximum atomic E-state index is 11.6. The number of hydrogen-bond donors (Lipinski definition) is 3. The third-order valence-electron chi connectivity index (χ3n) is 1.99. The second-order valence-corrected chi connectivity index (χ2v) is 4.21. The van der Waals surface area contributed by atoms with E-state index < -0.39 is 5.41 Å². The zero-order valence-corrected chi connectivity index (χ0v) is 9.16. The third kappa shape index (κ3) is 3.24. The summed E-state index contributed by atoms with van der Waals surface area (Å²) in [6.45, 7) is 7.80. The van der Waals surface area contributed by atoms with Gasteiger partial charge in [0.05, 0.1) is 0 Å². The summed E-state index contributed by atoms with van der Waals surface area (Å²) in [6, 6.07) is 0. The van der Waals surface area contributed by atoms with E-state index in [2.05, 4.69) is 10.5 Å². The van der Waals surface area contributed by atoms with Gasteiger partial charge in [0.15, 0.2) is 5.84 Å². The number of hydrogen-bond acceptors (Lipinski definition) is 3. The van der Waals surface area contributed by atoms with Gasteiger partial charge in [0.1, 0.15) is 5.41 Å². The maximum absolute atomic E-state index is 11.6. The van der Waals surface area contributed by atoms with Crippen molar-refractivity contribution >= 4 is 11.7 Å². The molecule has 5 nitrogen and oxygen atoms in total. The smallest absolute Gasteiger partial charge is 0.233 e. The molecule has 0 bridgehead atoms. The first kappa shape index (κ1) is 12.7. The lowest BCUT2D eigenvalue weighted by Gasteiger charge is -2.22. The van der Waals surface area contributed by atoms with E-state index in [0.717, 1.165) is 0 Å². The van der Waals surface area contributed by atoms with Crippen LogP contribution in [0.3, 0.4) is 0 Å². The summed E-state index contributed by atoms with van der Waals surface area (Å²) in [5, 5.41) is 14.0. The van der Waals surface area contributed by atoms with Crippen LogP contribution >= 0.6 is 0 Å². The van der Waals surface area contributed by atoms with Crippen molar-refractivity contribution in [3.8, 4) is 0 Å². The van der Waals surface area contributed by atoms with Crippen LogP contribution in [0.2, 0.25) is 0 Å². The summed E-state index contributed by atoms with van der Waals surface area (Å²) >= 11 is 0. The molecule has 14 heavy (non-hydrogen) atoms. The first-order valence-electron chi connectivity index (χ1n) is 4.58. The number of nitrogens with two attached hydrogens (primary N) is 1. The predicted octanol–water partition coefficient (Wildman–Crippen LogP) is 0.531. The van der Waals surface area contributed by atoms with Gasteiger partial charge < -0.3 is 16.3 Å². The largest absolute Gasteiger partial charge is 0.409 e. The van der Waals surface area contributed by atoms with Crippen molar-refractivity contribution in [1.29, 1.82) is 0 Å². The fourth-order valence-electron chi connectivity index (χ4n) is 0.759. The lowest BCUT2D eigenvalue weighted by molar-refractivity contribution is -0.126. The van der Waals surface area contributed by atoms with Crippen LogP contribution in [0.25, 0.3) is 0 Å². The molecule has 0 fully saturated rings. The number of nitrogens with one attached hydrogen (secondary N) is 1. The number of nitrogens with zero attached hydrogens (tertiary/aromatic N) is 1. The van der Waals surface area contributed by atoms with Crippen molar-refractivity contribution in [2.45, 2.75) is 27.7 Å². The van der Waals surface area contributed by atoms with Crippen LogP contribution in [0.5, 0.6) is 0 Å². The molecule has 0 aromatic heterocycles. The van der Waals surface area contributed by atoms with E-state index in [9.17, 15) is 4.79 Å². The summed E-state index contributed by atoms with van der Waals surface area (Å²) in [4.78, 5) is 11.6. The summed E-state index contributed by atoms with van der Waals surface area (Å²) in [5.41, 5.74) is 4.43. The van der Waals surface area contributed by atoms with E-state index in [4.69, 9.17) is 10.9 Å². The van der Waals surface area contributed by atoms with E-state index in [0.29, 0.717) is 12.5 Å². The molecular weight excluding hydrogens is 182 g/mol. The van der Waals surface area contributed by atoms with Crippen LogP contribution in [0.1, 0.15) is 27.7 Å². The molecule has 0 spiro atoms. The molecule has 0 aromatic carbocycles. The van der Waals surface area contributed by atoms with Crippen molar-refractivity contribution in [3.63, 3.8) is 0 Å². The third-order valence-corrected chi connectivity index (χ3v) is 1.99. The predicted molar refractivity (Wildman–Crippen MR) is 55.0 cm³/mol. The molecule has 0 radical (unpaired) electrons.